The van der Waals surface area contributed by atoms with E-state index in [-0.39, 0.29) is 0 Å². The standard InChI is InChI=1S/C22H24N6OS/c1-15-10-17(3)19(11-16(15)2)26-22(30)27-20-12-24-14-25-21(20)28(8-5-7-23)13-18-6-4-9-29-18/h4,6,9-12,14H,5,8,13H2,1-3H3,(H2,26,27,30). The molecule has 0 aliphatic rings. The second-order valence-electron chi connectivity index (χ2n) is 7.00. The maximum Gasteiger partial charge on any atom is 0.175 e. The van der Waals surface area contributed by atoms with Crippen molar-refractivity contribution in [2.75, 3.05) is 22.1 Å². The first-order valence-electron chi connectivity index (χ1n) is 9.58. The van der Waals surface area contributed by atoms with Gasteiger partial charge in [-0.2, -0.15) is 5.26 Å². The molecule has 0 atom stereocenters. The molecular weight excluding hydrogens is 396 g/mol. The second kappa shape index (κ2) is 9.85. The van der Waals surface area contributed by atoms with Gasteiger partial charge in [0.2, 0.25) is 0 Å². The molecule has 30 heavy (non-hydrogen) atoms. The van der Waals surface area contributed by atoms with Gasteiger partial charge in [-0.1, -0.05) is 6.07 Å². The zero-order valence-corrected chi connectivity index (χ0v) is 18.1. The molecule has 3 aromatic rings. The Labute approximate surface area is 181 Å². The number of aromatic nitrogens is 2. The van der Waals surface area contributed by atoms with Gasteiger partial charge in [0.25, 0.3) is 0 Å². The van der Waals surface area contributed by atoms with Crippen LogP contribution >= 0.6 is 12.2 Å². The fourth-order valence-electron chi connectivity index (χ4n) is 3.07. The van der Waals surface area contributed by atoms with Gasteiger partial charge in [-0.05, 0) is 67.9 Å². The molecule has 0 spiro atoms. The molecule has 2 heterocycles. The molecule has 0 aliphatic heterocycles. The van der Waals surface area contributed by atoms with E-state index in [0.29, 0.717) is 36.1 Å². The smallest absolute Gasteiger partial charge is 0.175 e. The summed E-state index contributed by atoms with van der Waals surface area (Å²) in [5.74, 6) is 1.43. The average molecular weight is 421 g/mol. The molecule has 7 nitrogen and oxygen atoms in total. The number of anilines is 3. The summed E-state index contributed by atoms with van der Waals surface area (Å²) in [6.07, 6.45) is 5.13. The van der Waals surface area contributed by atoms with Crippen LogP contribution in [-0.2, 0) is 6.54 Å². The first-order chi connectivity index (χ1) is 14.5. The predicted molar refractivity (Wildman–Crippen MR) is 123 cm³/mol. The lowest BCUT2D eigenvalue weighted by Crippen LogP contribution is -2.27. The molecule has 0 unspecified atom stereocenters. The third-order valence-electron chi connectivity index (χ3n) is 4.75. The minimum Gasteiger partial charge on any atom is -0.467 e. The van der Waals surface area contributed by atoms with Crippen molar-refractivity contribution in [3.63, 3.8) is 0 Å². The number of nitrogens with one attached hydrogen (secondary N) is 2. The highest BCUT2D eigenvalue weighted by molar-refractivity contribution is 7.80. The third kappa shape index (κ3) is 5.33. The Kier molecular flexibility index (Phi) is 6.99. The summed E-state index contributed by atoms with van der Waals surface area (Å²) in [4.78, 5) is 10.5. The number of hydrogen-bond acceptors (Lipinski definition) is 6. The number of rotatable bonds is 7. The van der Waals surface area contributed by atoms with Gasteiger partial charge in [0.05, 0.1) is 31.5 Å². The number of thiocarbonyl (C=S) groups is 1. The van der Waals surface area contributed by atoms with Crippen molar-refractivity contribution >= 4 is 34.5 Å². The molecular formula is C22H24N6OS. The van der Waals surface area contributed by atoms with Crippen molar-refractivity contribution in [2.24, 2.45) is 0 Å². The number of benzene rings is 1. The molecule has 2 aromatic heterocycles. The number of aryl methyl sites for hydroxylation is 3. The van der Waals surface area contributed by atoms with Crippen LogP contribution in [0.15, 0.2) is 47.5 Å². The Morgan fingerprint density at radius 1 is 1.17 bits per heavy atom. The molecule has 1 aromatic carbocycles. The molecule has 3 rings (SSSR count). The van der Waals surface area contributed by atoms with Crippen LogP contribution in [0.1, 0.15) is 28.9 Å². The van der Waals surface area contributed by atoms with E-state index in [1.807, 2.05) is 24.0 Å². The molecule has 0 aliphatic carbocycles. The first-order valence-corrected chi connectivity index (χ1v) is 9.99. The van der Waals surface area contributed by atoms with Gasteiger partial charge < -0.3 is 20.0 Å². The van der Waals surface area contributed by atoms with Crippen LogP contribution in [0.25, 0.3) is 0 Å². The molecule has 0 saturated heterocycles. The Morgan fingerprint density at radius 3 is 2.67 bits per heavy atom. The van der Waals surface area contributed by atoms with E-state index in [0.717, 1.165) is 17.0 Å². The molecule has 0 amide bonds. The maximum absolute atomic E-state index is 9.06. The van der Waals surface area contributed by atoms with Crippen LogP contribution in [0.3, 0.4) is 0 Å². The van der Waals surface area contributed by atoms with Gasteiger partial charge in [-0.3, -0.25) is 0 Å². The summed E-state index contributed by atoms with van der Waals surface area (Å²) in [5, 5.41) is 15.9. The van der Waals surface area contributed by atoms with E-state index < -0.39 is 0 Å². The van der Waals surface area contributed by atoms with Crippen molar-refractivity contribution < 1.29 is 4.42 Å². The quantitative estimate of drug-likeness (QED) is 0.531. The monoisotopic (exact) mass is 420 g/mol. The van der Waals surface area contributed by atoms with Crippen molar-refractivity contribution in [2.45, 2.75) is 33.7 Å². The molecule has 8 heteroatoms. The van der Waals surface area contributed by atoms with E-state index in [2.05, 4.69) is 52.7 Å². The predicted octanol–water partition coefficient (Wildman–Crippen LogP) is 4.72. The summed E-state index contributed by atoms with van der Waals surface area (Å²) in [5.41, 5.74) is 5.14. The zero-order valence-electron chi connectivity index (χ0n) is 17.3. The molecule has 154 valence electrons. The van der Waals surface area contributed by atoms with Crippen molar-refractivity contribution in [3.8, 4) is 6.07 Å². The SMILES string of the molecule is Cc1cc(C)c(NC(=S)Nc2cncnc2N(CCC#N)Cc2ccco2)cc1C. The highest BCUT2D eigenvalue weighted by Crippen LogP contribution is 2.25. The van der Waals surface area contributed by atoms with E-state index in [1.54, 1.807) is 12.5 Å². The van der Waals surface area contributed by atoms with Crippen molar-refractivity contribution in [1.29, 1.82) is 5.26 Å². The number of nitrogens with zero attached hydrogens (tertiary/aromatic N) is 4. The van der Waals surface area contributed by atoms with Gasteiger partial charge in [0.15, 0.2) is 10.9 Å². The Hall–Kier alpha value is -3.44. The number of hydrogen-bond donors (Lipinski definition) is 2. The van der Waals surface area contributed by atoms with E-state index >= 15 is 0 Å². The fourth-order valence-corrected chi connectivity index (χ4v) is 3.29. The summed E-state index contributed by atoms with van der Waals surface area (Å²) in [6, 6.07) is 10.1. The van der Waals surface area contributed by atoms with Gasteiger partial charge in [-0.25, -0.2) is 9.97 Å². The summed E-state index contributed by atoms with van der Waals surface area (Å²) >= 11 is 5.54. The van der Waals surface area contributed by atoms with Crippen LogP contribution in [0.5, 0.6) is 0 Å². The topological polar surface area (TPSA) is 90.0 Å². The molecule has 2 N–H and O–H groups in total. The first kappa shape index (κ1) is 21.3. The summed E-state index contributed by atoms with van der Waals surface area (Å²) in [6.45, 7) is 7.18. The summed E-state index contributed by atoms with van der Waals surface area (Å²) < 4.78 is 5.47. The lowest BCUT2D eigenvalue weighted by atomic mass is 10.1. The zero-order chi connectivity index (χ0) is 21.5. The normalized spacial score (nSPS) is 10.3. The molecule has 0 bridgehead atoms. The molecule has 0 fully saturated rings. The van der Waals surface area contributed by atoms with Crippen LogP contribution in [0, 0.1) is 32.1 Å². The fraction of sp³-hybridized carbons (Fsp3) is 0.273. The van der Waals surface area contributed by atoms with Crippen LogP contribution in [0.4, 0.5) is 17.2 Å². The lowest BCUT2D eigenvalue weighted by molar-refractivity contribution is 0.501. The van der Waals surface area contributed by atoms with Crippen molar-refractivity contribution in [1.82, 2.24) is 9.97 Å². The Balaban J connectivity index is 1.80. The van der Waals surface area contributed by atoms with E-state index in [9.17, 15) is 0 Å². The highest BCUT2D eigenvalue weighted by atomic mass is 32.1. The minimum atomic E-state index is 0.356. The second-order valence-corrected chi connectivity index (χ2v) is 7.41. The van der Waals surface area contributed by atoms with Gasteiger partial charge in [-0.15, -0.1) is 0 Å². The summed E-state index contributed by atoms with van der Waals surface area (Å²) in [7, 11) is 0. The third-order valence-corrected chi connectivity index (χ3v) is 4.95. The Bertz CT molecular complexity index is 1060. The van der Waals surface area contributed by atoms with Crippen LogP contribution in [-0.4, -0.2) is 21.6 Å². The largest absolute Gasteiger partial charge is 0.467 e. The number of furan rings is 1. The minimum absolute atomic E-state index is 0.356. The molecule has 0 radical (unpaired) electrons. The van der Waals surface area contributed by atoms with E-state index in [4.69, 9.17) is 21.9 Å². The maximum atomic E-state index is 9.06. The highest BCUT2D eigenvalue weighted by Gasteiger charge is 2.16. The lowest BCUT2D eigenvalue weighted by Gasteiger charge is -2.24. The number of nitriles is 1. The van der Waals surface area contributed by atoms with E-state index in [1.165, 1.54) is 17.5 Å². The van der Waals surface area contributed by atoms with Crippen LogP contribution < -0.4 is 15.5 Å². The van der Waals surface area contributed by atoms with Gasteiger partial charge in [0.1, 0.15) is 17.8 Å². The molecule has 0 saturated carbocycles. The van der Waals surface area contributed by atoms with Crippen LogP contribution in [0.2, 0.25) is 0 Å². The average Bonchev–Trinajstić information content (AvgIpc) is 3.23. The van der Waals surface area contributed by atoms with Gasteiger partial charge in [0, 0.05) is 12.2 Å². The Morgan fingerprint density at radius 2 is 1.93 bits per heavy atom. The van der Waals surface area contributed by atoms with Gasteiger partial charge >= 0.3 is 0 Å². The van der Waals surface area contributed by atoms with Crippen molar-refractivity contribution in [3.05, 3.63) is 65.5 Å².